The predicted molar refractivity (Wildman–Crippen MR) is 92.7 cm³/mol. The normalized spacial score (nSPS) is 13.0. The van der Waals surface area contributed by atoms with Crippen molar-refractivity contribution in [1.82, 2.24) is 15.5 Å². The molecule has 0 bridgehead atoms. The van der Waals surface area contributed by atoms with E-state index >= 15 is 0 Å². The van der Waals surface area contributed by atoms with Crippen LogP contribution in [-0.4, -0.2) is 34.2 Å². The highest BCUT2D eigenvalue weighted by molar-refractivity contribution is 5.78. The second-order valence-electron chi connectivity index (χ2n) is 6.27. The minimum absolute atomic E-state index is 0.223. The third kappa shape index (κ3) is 5.30. The van der Waals surface area contributed by atoms with Gasteiger partial charge in [0.1, 0.15) is 5.75 Å². The van der Waals surface area contributed by atoms with Gasteiger partial charge in [-0.1, -0.05) is 17.3 Å². The number of aryl methyl sites for hydroxylation is 2. The summed E-state index contributed by atoms with van der Waals surface area (Å²) in [6.45, 7) is 3.42. The molecule has 8 nitrogen and oxygen atoms in total. The Morgan fingerprint density at radius 3 is 2.77 bits per heavy atom. The molecule has 2 rings (SSSR count). The zero-order valence-corrected chi connectivity index (χ0v) is 15.1. The Morgan fingerprint density at radius 2 is 2.15 bits per heavy atom. The van der Waals surface area contributed by atoms with Gasteiger partial charge in [0.2, 0.25) is 11.8 Å². The summed E-state index contributed by atoms with van der Waals surface area (Å²) < 4.78 is 10.2. The van der Waals surface area contributed by atoms with Crippen molar-refractivity contribution in [2.24, 2.45) is 0 Å². The summed E-state index contributed by atoms with van der Waals surface area (Å²) in [5.74, 6) is 0.387. The first kappa shape index (κ1) is 19.4. The lowest BCUT2D eigenvalue weighted by molar-refractivity contribution is -0.139. The van der Waals surface area contributed by atoms with Gasteiger partial charge >= 0.3 is 5.97 Å². The number of amides is 1. The number of hydrogen-bond acceptors (Lipinski definition) is 6. The number of nitrogens with one attached hydrogen (secondary N) is 1. The van der Waals surface area contributed by atoms with Crippen molar-refractivity contribution in [3.8, 4) is 5.75 Å². The number of nitrogens with zero attached hydrogens (tertiary/aromatic N) is 2. The summed E-state index contributed by atoms with van der Waals surface area (Å²) >= 11 is 0. The van der Waals surface area contributed by atoms with E-state index in [-0.39, 0.29) is 18.7 Å². The molecule has 26 heavy (non-hydrogen) atoms. The molecule has 1 amide bonds. The maximum absolute atomic E-state index is 12.4. The number of ether oxygens (including phenoxy) is 1. The molecule has 0 radical (unpaired) electrons. The monoisotopic (exact) mass is 361 g/mol. The van der Waals surface area contributed by atoms with Crippen molar-refractivity contribution in [2.75, 3.05) is 7.11 Å². The number of carboxylic acid groups (broad SMARTS) is 1. The van der Waals surface area contributed by atoms with Crippen molar-refractivity contribution >= 4 is 11.9 Å². The molecule has 1 atom stereocenters. The summed E-state index contributed by atoms with van der Waals surface area (Å²) in [6.07, 6.45) is 0.993. The number of carbonyl (C=O) groups is 2. The molecule has 0 spiro atoms. The quantitative estimate of drug-likeness (QED) is 0.703. The van der Waals surface area contributed by atoms with E-state index in [9.17, 15) is 14.7 Å². The van der Waals surface area contributed by atoms with Crippen LogP contribution in [0.2, 0.25) is 0 Å². The van der Waals surface area contributed by atoms with E-state index in [1.165, 1.54) is 7.11 Å². The fraction of sp³-hybridized carbons (Fsp3) is 0.444. The lowest BCUT2D eigenvalue weighted by atomic mass is 9.88. The van der Waals surface area contributed by atoms with Crippen LogP contribution >= 0.6 is 0 Å². The lowest BCUT2D eigenvalue weighted by Crippen LogP contribution is -2.45. The molecule has 0 aliphatic heterocycles. The zero-order valence-electron chi connectivity index (χ0n) is 15.1. The van der Waals surface area contributed by atoms with Crippen LogP contribution in [0, 0.1) is 6.92 Å². The number of hydrogen-bond donors (Lipinski definition) is 2. The van der Waals surface area contributed by atoms with E-state index in [1.54, 1.807) is 38.1 Å². The van der Waals surface area contributed by atoms with Crippen LogP contribution in [-0.2, 0) is 21.5 Å². The SMILES string of the molecule is COc1cccc(C(C)(CC(=O)O)NC(=O)CCCc2nc(C)no2)c1. The summed E-state index contributed by atoms with van der Waals surface area (Å²) in [4.78, 5) is 27.8. The maximum Gasteiger partial charge on any atom is 0.306 e. The molecule has 0 saturated heterocycles. The Morgan fingerprint density at radius 1 is 1.38 bits per heavy atom. The van der Waals surface area contributed by atoms with E-state index < -0.39 is 11.5 Å². The topological polar surface area (TPSA) is 115 Å². The third-order valence-corrected chi connectivity index (χ3v) is 3.99. The predicted octanol–water partition coefficient (Wildman–Crippen LogP) is 2.22. The van der Waals surface area contributed by atoms with E-state index in [0.29, 0.717) is 35.9 Å². The maximum atomic E-state index is 12.4. The van der Waals surface area contributed by atoms with Crippen LogP contribution < -0.4 is 10.1 Å². The second kappa shape index (κ2) is 8.46. The number of rotatable bonds is 9. The molecule has 140 valence electrons. The van der Waals surface area contributed by atoms with E-state index in [4.69, 9.17) is 9.26 Å². The Labute approximate surface area is 151 Å². The number of aliphatic carboxylic acids is 1. The highest BCUT2D eigenvalue weighted by atomic mass is 16.5. The number of aromatic nitrogens is 2. The summed E-state index contributed by atoms with van der Waals surface area (Å²) in [5, 5.41) is 15.8. The van der Waals surface area contributed by atoms with E-state index in [1.807, 2.05) is 0 Å². The molecule has 1 aromatic heterocycles. The lowest BCUT2D eigenvalue weighted by Gasteiger charge is -2.30. The van der Waals surface area contributed by atoms with Crippen LogP contribution in [0.4, 0.5) is 0 Å². The highest BCUT2D eigenvalue weighted by Crippen LogP contribution is 2.28. The largest absolute Gasteiger partial charge is 0.497 e. The number of methoxy groups -OCH3 is 1. The second-order valence-corrected chi connectivity index (χ2v) is 6.27. The number of benzene rings is 1. The Kier molecular flexibility index (Phi) is 6.32. The van der Waals surface area contributed by atoms with Gasteiger partial charge in [0.25, 0.3) is 0 Å². The van der Waals surface area contributed by atoms with Gasteiger partial charge in [-0.2, -0.15) is 4.98 Å². The van der Waals surface area contributed by atoms with Crippen LogP contribution in [0.1, 0.15) is 43.5 Å². The van der Waals surface area contributed by atoms with Crippen molar-refractivity contribution in [3.05, 3.63) is 41.5 Å². The van der Waals surface area contributed by atoms with Crippen molar-refractivity contribution < 1.29 is 24.0 Å². The molecule has 0 aliphatic rings. The molecule has 1 heterocycles. The standard InChI is InChI=1S/C18H23N3O5/c1-12-19-16(26-21-12)9-5-8-15(22)20-18(2,11-17(23)24)13-6-4-7-14(10-13)25-3/h4,6-7,10H,5,8-9,11H2,1-3H3,(H,20,22)(H,23,24). The molecule has 2 aromatic rings. The average Bonchev–Trinajstić information content (AvgIpc) is 2.99. The third-order valence-electron chi connectivity index (χ3n) is 3.99. The van der Waals surface area contributed by atoms with Gasteiger partial charge < -0.3 is 19.7 Å². The minimum Gasteiger partial charge on any atom is -0.497 e. The fourth-order valence-corrected chi connectivity index (χ4v) is 2.70. The molecule has 1 unspecified atom stereocenters. The van der Waals surface area contributed by atoms with Gasteiger partial charge in [-0.05, 0) is 38.0 Å². The van der Waals surface area contributed by atoms with Crippen LogP contribution in [0.5, 0.6) is 5.75 Å². The molecular formula is C18H23N3O5. The molecule has 0 aliphatic carbocycles. The Hall–Kier alpha value is -2.90. The van der Waals surface area contributed by atoms with Gasteiger partial charge in [0.15, 0.2) is 5.82 Å². The summed E-state index contributed by atoms with van der Waals surface area (Å²) in [5.41, 5.74) is -0.376. The minimum atomic E-state index is -1.04. The average molecular weight is 361 g/mol. The fourth-order valence-electron chi connectivity index (χ4n) is 2.70. The molecule has 2 N–H and O–H groups in total. The molecule has 0 fully saturated rings. The highest BCUT2D eigenvalue weighted by Gasteiger charge is 2.31. The van der Waals surface area contributed by atoms with Gasteiger partial charge in [0, 0.05) is 12.8 Å². The van der Waals surface area contributed by atoms with Gasteiger partial charge in [-0.3, -0.25) is 9.59 Å². The first-order chi connectivity index (χ1) is 12.3. The van der Waals surface area contributed by atoms with Gasteiger partial charge in [-0.15, -0.1) is 0 Å². The van der Waals surface area contributed by atoms with E-state index in [2.05, 4.69) is 15.5 Å². The van der Waals surface area contributed by atoms with Crippen LogP contribution in [0.3, 0.4) is 0 Å². The van der Waals surface area contributed by atoms with Crippen LogP contribution in [0.25, 0.3) is 0 Å². The molecule has 1 aromatic carbocycles. The molecular weight excluding hydrogens is 338 g/mol. The number of carboxylic acids is 1. The van der Waals surface area contributed by atoms with Crippen molar-refractivity contribution in [3.63, 3.8) is 0 Å². The first-order valence-electron chi connectivity index (χ1n) is 8.29. The molecule has 0 saturated carbocycles. The van der Waals surface area contributed by atoms with Crippen molar-refractivity contribution in [1.29, 1.82) is 0 Å². The molecule has 8 heteroatoms. The Balaban J connectivity index is 2.03. The van der Waals surface area contributed by atoms with Gasteiger partial charge in [-0.25, -0.2) is 0 Å². The summed E-state index contributed by atoms with van der Waals surface area (Å²) in [7, 11) is 1.53. The number of carbonyl (C=O) groups excluding carboxylic acids is 1. The summed E-state index contributed by atoms with van der Waals surface area (Å²) in [6, 6.07) is 7.02. The van der Waals surface area contributed by atoms with Gasteiger partial charge in [0.05, 0.1) is 19.1 Å². The smallest absolute Gasteiger partial charge is 0.306 e. The van der Waals surface area contributed by atoms with Crippen molar-refractivity contribution in [2.45, 2.75) is 45.1 Å². The zero-order chi connectivity index (χ0) is 19.2. The Bertz CT molecular complexity index is 774. The first-order valence-corrected chi connectivity index (χ1v) is 8.29. The van der Waals surface area contributed by atoms with E-state index in [0.717, 1.165) is 0 Å². The van der Waals surface area contributed by atoms with Crippen LogP contribution in [0.15, 0.2) is 28.8 Å².